The van der Waals surface area contributed by atoms with Crippen LogP contribution in [0, 0.1) is 0 Å². The monoisotopic (exact) mass is 1340 g/mol. The van der Waals surface area contributed by atoms with Gasteiger partial charge in [0.1, 0.15) is 23.0 Å². The van der Waals surface area contributed by atoms with Crippen molar-refractivity contribution in [2.75, 3.05) is 18.0 Å². The van der Waals surface area contributed by atoms with E-state index in [1.54, 1.807) is 24.3 Å². The largest absolute Gasteiger partial charge is 0.508 e. The van der Waals surface area contributed by atoms with E-state index in [2.05, 4.69) is 165 Å². The molecule has 0 bridgehead atoms. The molecule has 10 atom stereocenters. The Balaban J connectivity index is 0.819. The molecule has 3 N–H and O–H groups in total. The highest BCUT2D eigenvalue weighted by atomic mass is 79.9. The molecule has 0 spiro atoms. The summed E-state index contributed by atoms with van der Waals surface area (Å²) in [5, 5.41) is 32.3. The highest BCUT2D eigenvalue weighted by Crippen LogP contribution is 2.49. The second-order valence-corrected chi connectivity index (χ2v) is 27.6. The number of rotatable bonds is 23. The first-order valence-electron chi connectivity index (χ1n) is 32.5. The lowest BCUT2D eigenvalue weighted by atomic mass is 9.79. The topological polar surface area (TPSA) is 141 Å². The fourth-order valence-electron chi connectivity index (χ4n) is 13.5. The number of ether oxygens (including phenoxy) is 7. The van der Waals surface area contributed by atoms with E-state index in [1.165, 1.54) is 22.5 Å². The zero-order valence-corrected chi connectivity index (χ0v) is 56.4. The summed E-state index contributed by atoms with van der Waals surface area (Å²) >= 11 is 7.46. The minimum atomic E-state index is -0.642. The quantitative estimate of drug-likeness (QED) is 0.0538. The van der Waals surface area contributed by atoms with Crippen LogP contribution >= 0.6 is 31.9 Å². The molecule has 4 aliphatic heterocycles. The number of likely N-dealkylation sites (N-methyl/N-ethyl adjacent to an activating group) is 1. The van der Waals surface area contributed by atoms with Gasteiger partial charge in [0.15, 0.2) is 18.9 Å². The molecule has 14 heteroatoms. The molecule has 0 amide bonds. The van der Waals surface area contributed by atoms with Gasteiger partial charge in [0.25, 0.3) is 0 Å². The molecule has 476 valence electrons. The fourth-order valence-corrected chi connectivity index (χ4v) is 14.3. The van der Waals surface area contributed by atoms with Gasteiger partial charge < -0.3 is 53.4 Å². The van der Waals surface area contributed by atoms with E-state index in [0.717, 1.165) is 125 Å². The number of phenols is 2. The third kappa shape index (κ3) is 16.8. The van der Waals surface area contributed by atoms with Crippen LogP contribution in [-0.4, -0.2) is 76.8 Å². The van der Waals surface area contributed by atoms with Crippen LogP contribution in [0.15, 0.2) is 176 Å². The van der Waals surface area contributed by atoms with Gasteiger partial charge in [-0.05, 0) is 199 Å². The number of hydrogen-bond donors (Lipinski definition) is 3. The molecule has 0 aromatic heterocycles. The van der Waals surface area contributed by atoms with Crippen LogP contribution in [0.5, 0.6) is 17.2 Å². The van der Waals surface area contributed by atoms with Gasteiger partial charge >= 0.3 is 0 Å². The highest BCUT2D eigenvalue weighted by Gasteiger charge is 2.40. The van der Waals surface area contributed by atoms with Gasteiger partial charge in [-0.25, -0.2) is 0 Å². The number of fused-ring (bicyclic) bond motifs is 1. The Morgan fingerprint density at radius 2 is 1.30 bits per heavy atom. The van der Waals surface area contributed by atoms with E-state index in [-0.39, 0.29) is 59.0 Å². The summed E-state index contributed by atoms with van der Waals surface area (Å²) in [6.45, 7) is 19.2. The van der Waals surface area contributed by atoms with Crippen molar-refractivity contribution in [2.45, 2.75) is 218 Å². The van der Waals surface area contributed by atoms with Gasteiger partial charge in [-0.3, -0.25) is 4.99 Å². The van der Waals surface area contributed by atoms with E-state index in [9.17, 15) is 15.3 Å². The van der Waals surface area contributed by atoms with Gasteiger partial charge in [0, 0.05) is 79.5 Å². The van der Waals surface area contributed by atoms with Crippen LogP contribution in [-0.2, 0) is 39.3 Å². The molecule has 5 aliphatic rings. The maximum absolute atomic E-state index is 11.7. The Hall–Kier alpha value is -5.39. The molecular formula is C75H92Br2N2O10. The van der Waals surface area contributed by atoms with Crippen molar-refractivity contribution in [1.29, 1.82) is 0 Å². The number of aliphatic hydroxyl groups excluding tert-OH is 1. The SMILES string of the molecule is CCN=C(/C=C/C1=C(Oc2cccc(C3OC(CC)CC(CC(O)CCCC4CC(CCCC5CC(C)OC(c6cccc(O)c6)O5)OC(c5cccc(O)c5)O4)O3)c2)C(=C/C=C2/N(CC)c3ccc(Br)cc3C2(C)C)/CCC1)C(C)(C)c1cccc(Br)c1. The summed E-state index contributed by atoms with van der Waals surface area (Å²) in [5.41, 5.74) is 10.1. The van der Waals surface area contributed by atoms with Crippen molar-refractivity contribution in [2.24, 2.45) is 4.99 Å². The van der Waals surface area contributed by atoms with Crippen molar-refractivity contribution in [3.05, 3.63) is 199 Å². The first kappa shape index (κ1) is 66.5. The molecule has 0 saturated carbocycles. The number of phenolic OH excluding ortho intramolecular Hbond substituents is 2. The Kier molecular flexibility index (Phi) is 22.7. The molecule has 0 radical (unpaired) electrons. The predicted octanol–water partition coefficient (Wildman–Crippen LogP) is 18.5. The fraction of sp³-hybridized carbons (Fsp3) is 0.480. The van der Waals surface area contributed by atoms with Crippen LogP contribution in [0.2, 0.25) is 0 Å². The van der Waals surface area contributed by atoms with Gasteiger partial charge in [-0.15, -0.1) is 0 Å². The van der Waals surface area contributed by atoms with E-state index in [0.29, 0.717) is 31.6 Å². The number of aliphatic hydroxyl groups is 1. The standard InChI is InChI=1S/C75H92Br2N2O10/c1-9-60-46-65(45-59(82)28-17-30-63-47-64(88-72(87-63)52-22-14-27-58(81)41-52)32-18-31-61-39-48(4)83-71(86-61)51-21-13-26-57(80)40-51)89-73(85-60)53-23-15-29-62(42-53)84-70-49(33-37-68(78-10-2)74(5,6)54-24-16-25-55(76)43-54)19-12-20-50(70)34-38-69-75(7,8)66-44-56(77)35-36-67(66)79(69)11-3/h13-16,21-27,29,33-38,40-44,48,59-61,63-65,71-73,80-82H,9-12,17-20,28,30-32,39,45-47H2,1-8H3/b37-33+,50-34+,69-38+,78-68?. The maximum atomic E-state index is 11.7. The Morgan fingerprint density at radius 3 is 1.97 bits per heavy atom. The van der Waals surface area contributed by atoms with Crippen LogP contribution in [0.4, 0.5) is 5.69 Å². The number of nitrogens with zero attached hydrogens (tertiary/aromatic N) is 2. The van der Waals surface area contributed by atoms with Crippen molar-refractivity contribution in [1.82, 2.24) is 0 Å². The summed E-state index contributed by atoms with van der Waals surface area (Å²) in [6.07, 6.45) is 17.1. The normalized spacial score (nSPS) is 26.3. The number of aromatic hydroxyl groups is 2. The van der Waals surface area contributed by atoms with Crippen LogP contribution < -0.4 is 9.64 Å². The van der Waals surface area contributed by atoms with Crippen molar-refractivity contribution in [3.8, 4) is 17.2 Å². The highest BCUT2D eigenvalue weighted by molar-refractivity contribution is 9.10. The number of aliphatic imine (C=N–C) groups is 1. The number of halogens is 2. The van der Waals surface area contributed by atoms with E-state index >= 15 is 0 Å². The van der Waals surface area contributed by atoms with Gasteiger partial charge in [-0.1, -0.05) is 127 Å². The lowest BCUT2D eigenvalue weighted by Crippen LogP contribution is -2.36. The first-order chi connectivity index (χ1) is 42.9. The summed E-state index contributed by atoms with van der Waals surface area (Å²) < 4.78 is 48.6. The second kappa shape index (κ2) is 30.4. The smallest absolute Gasteiger partial charge is 0.184 e. The van der Waals surface area contributed by atoms with Gasteiger partial charge in [-0.2, -0.15) is 0 Å². The van der Waals surface area contributed by atoms with E-state index in [4.69, 9.17) is 38.2 Å². The Bertz CT molecular complexity index is 3370. The van der Waals surface area contributed by atoms with Crippen molar-refractivity contribution in [3.63, 3.8) is 0 Å². The average molecular weight is 1340 g/mol. The molecule has 5 aromatic carbocycles. The number of anilines is 1. The van der Waals surface area contributed by atoms with E-state index < -0.39 is 25.0 Å². The number of allylic oxidation sites excluding steroid dienone is 7. The second-order valence-electron chi connectivity index (χ2n) is 25.8. The van der Waals surface area contributed by atoms with E-state index in [1.807, 2.05) is 42.5 Å². The lowest BCUT2D eigenvalue weighted by molar-refractivity contribution is -0.254. The van der Waals surface area contributed by atoms with Crippen molar-refractivity contribution >= 4 is 43.3 Å². The number of benzene rings is 5. The predicted molar refractivity (Wildman–Crippen MR) is 360 cm³/mol. The minimum Gasteiger partial charge on any atom is -0.508 e. The molecule has 89 heavy (non-hydrogen) atoms. The molecule has 10 rings (SSSR count). The molecule has 5 aromatic rings. The molecule has 4 heterocycles. The molecular weight excluding hydrogens is 1250 g/mol. The van der Waals surface area contributed by atoms with Crippen LogP contribution in [0.1, 0.15) is 192 Å². The maximum Gasteiger partial charge on any atom is 0.184 e. The molecule has 12 nitrogen and oxygen atoms in total. The molecule has 3 saturated heterocycles. The summed E-state index contributed by atoms with van der Waals surface area (Å²) in [4.78, 5) is 7.53. The summed E-state index contributed by atoms with van der Waals surface area (Å²) in [7, 11) is 0. The van der Waals surface area contributed by atoms with Crippen LogP contribution in [0.25, 0.3) is 0 Å². The average Bonchev–Trinajstić information content (AvgIpc) is 4.01. The lowest BCUT2D eigenvalue weighted by Gasteiger charge is -2.37. The van der Waals surface area contributed by atoms with Gasteiger partial charge in [0.05, 0.1) is 42.7 Å². The summed E-state index contributed by atoms with van der Waals surface area (Å²) in [6, 6.07) is 37.4. The van der Waals surface area contributed by atoms with Gasteiger partial charge in [0.2, 0.25) is 0 Å². The third-order valence-electron chi connectivity index (χ3n) is 18.4. The minimum absolute atomic E-state index is 0.00568. The first-order valence-corrected chi connectivity index (χ1v) is 34.1. The number of hydrogen-bond acceptors (Lipinski definition) is 12. The molecule has 3 fully saturated rings. The van der Waals surface area contributed by atoms with Crippen molar-refractivity contribution < 1.29 is 48.5 Å². The zero-order chi connectivity index (χ0) is 62.8. The Labute approximate surface area is 545 Å². The third-order valence-corrected chi connectivity index (χ3v) is 19.4. The zero-order valence-electron chi connectivity index (χ0n) is 53.2. The molecule has 10 unspecified atom stereocenters. The van der Waals surface area contributed by atoms with Crippen LogP contribution in [0.3, 0.4) is 0 Å². The Morgan fingerprint density at radius 1 is 0.697 bits per heavy atom. The molecule has 1 aliphatic carbocycles. The summed E-state index contributed by atoms with van der Waals surface area (Å²) in [5.74, 6) is 1.90.